The predicted octanol–water partition coefficient (Wildman–Crippen LogP) is 4.55. The lowest BCUT2D eigenvalue weighted by molar-refractivity contribution is 0.0518. The zero-order valence-corrected chi connectivity index (χ0v) is 13.3. The van der Waals surface area contributed by atoms with E-state index in [4.69, 9.17) is 4.74 Å². The average molecular weight is 308 g/mol. The molecule has 4 rings (SSSR count). The first-order valence-electron chi connectivity index (χ1n) is 8.36. The molecule has 118 valence electrons. The highest BCUT2D eigenvalue weighted by Crippen LogP contribution is 2.41. The third-order valence-corrected chi connectivity index (χ3v) is 4.81. The van der Waals surface area contributed by atoms with Crippen molar-refractivity contribution in [2.45, 2.75) is 38.5 Å². The number of H-pyrrole nitrogens is 1. The Kier molecular flexibility index (Phi) is 3.52. The summed E-state index contributed by atoms with van der Waals surface area (Å²) >= 11 is 0. The molecule has 0 spiro atoms. The van der Waals surface area contributed by atoms with Gasteiger partial charge in [-0.3, -0.25) is 0 Å². The molecule has 0 unspecified atom stereocenters. The van der Waals surface area contributed by atoms with Crippen molar-refractivity contribution < 1.29 is 9.53 Å². The Bertz CT molecular complexity index is 876. The van der Waals surface area contributed by atoms with Gasteiger partial charge in [0.2, 0.25) is 0 Å². The van der Waals surface area contributed by atoms with Crippen molar-refractivity contribution in [2.75, 3.05) is 6.61 Å². The molecule has 2 aromatic heterocycles. The molecule has 3 aromatic rings. The Morgan fingerprint density at radius 1 is 1.26 bits per heavy atom. The molecular weight excluding hydrogens is 288 g/mol. The second kappa shape index (κ2) is 5.69. The Morgan fingerprint density at radius 3 is 2.83 bits per heavy atom. The van der Waals surface area contributed by atoms with Crippen molar-refractivity contribution in [1.29, 1.82) is 0 Å². The number of pyridine rings is 1. The van der Waals surface area contributed by atoms with Crippen LogP contribution >= 0.6 is 0 Å². The topological polar surface area (TPSA) is 55.0 Å². The van der Waals surface area contributed by atoms with Gasteiger partial charge in [0.25, 0.3) is 0 Å². The number of carbonyl (C=O) groups is 1. The molecule has 1 aliphatic rings. The number of aromatic amines is 1. The monoisotopic (exact) mass is 308 g/mol. The maximum atomic E-state index is 12.4. The molecule has 0 amide bonds. The molecule has 1 N–H and O–H groups in total. The van der Waals surface area contributed by atoms with Gasteiger partial charge < -0.3 is 9.72 Å². The molecular formula is C19H20N2O2. The van der Waals surface area contributed by atoms with E-state index in [0.29, 0.717) is 18.2 Å². The largest absolute Gasteiger partial charge is 0.461 e. The molecule has 1 saturated carbocycles. The summed E-state index contributed by atoms with van der Waals surface area (Å²) in [6.07, 6.45) is 6.43. The first-order chi connectivity index (χ1) is 11.3. The summed E-state index contributed by atoms with van der Waals surface area (Å²) in [6.45, 7) is 2.20. The number of carbonyl (C=O) groups excluding carboxylic acids is 1. The number of aromatic nitrogens is 2. The van der Waals surface area contributed by atoms with Crippen LogP contribution in [-0.4, -0.2) is 22.5 Å². The van der Waals surface area contributed by atoms with Crippen molar-refractivity contribution in [1.82, 2.24) is 9.97 Å². The Balaban J connectivity index is 2.03. The Hall–Kier alpha value is -2.36. The van der Waals surface area contributed by atoms with E-state index in [1.165, 1.54) is 12.8 Å². The maximum Gasteiger partial charge on any atom is 0.357 e. The quantitative estimate of drug-likeness (QED) is 0.722. The molecule has 2 heterocycles. The smallest absolute Gasteiger partial charge is 0.357 e. The van der Waals surface area contributed by atoms with Crippen LogP contribution in [0.25, 0.3) is 21.8 Å². The minimum atomic E-state index is -0.304. The Labute approximate surface area is 134 Å². The van der Waals surface area contributed by atoms with Gasteiger partial charge in [0.15, 0.2) is 5.69 Å². The van der Waals surface area contributed by atoms with Crippen molar-refractivity contribution in [3.8, 4) is 0 Å². The van der Waals surface area contributed by atoms with Gasteiger partial charge in [-0.25, -0.2) is 9.78 Å². The van der Waals surface area contributed by atoms with E-state index in [2.05, 4.69) is 22.1 Å². The van der Waals surface area contributed by atoms with Crippen LogP contribution < -0.4 is 0 Å². The van der Waals surface area contributed by atoms with E-state index in [-0.39, 0.29) is 5.97 Å². The summed E-state index contributed by atoms with van der Waals surface area (Å²) in [4.78, 5) is 20.3. The fourth-order valence-electron chi connectivity index (χ4n) is 3.84. The number of rotatable bonds is 3. The molecule has 1 fully saturated rings. The molecule has 23 heavy (non-hydrogen) atoms. The third-order valence-electron chi connectivity index (χ3n) is 4.81. The number of nitrogens with one attached hydrogen (secondary N) is 1. The SMILES string of the molecule is CCOC(=O)c1ncc2[nH]c3ccccc3c2c1C1CCCC1. The lowest BCUT2D eigenvalue weighted by Gasteiger charge is -2.15. The van der Waals surface area contributed by atoms with Crippen LogP contribution in [0, 0.1) is 0 Å². The van der Waals surface area contributed by atoms with Gasteiger partial charge in [0, 0.05) is 16.3 Å². The number of esters is 1. The van der Waals surface area contributed by atoms with Crippen molar-refractivity contribution >= 4 is 27.8 Å². The van der Waals surface area contributed by atoms with Gasteiger partial charge in [0.05, 0.1) is 18.3 Å². The molecule has 0 saturated heterocycles. The summed E-state index contributed by atoms with van der Waals surface area (Å²) in [5.74, 6) is 0.0893. The average Bonchev–Trinajstić information content (AvgIpc) is 3.21. The fraction of sp³-hybridized carbons (Fsp3) is 0.368. The van der Waals surface area contributed by atoms with Gasteiger partial charge in [-0.2, -0.15) is 0 Å². The number of benzene rings is 1. The minimum Gasteiger partial charge on any atom is -0.461 e. The normalized spacial score (nSPS) is 15.5. The number of hydrogen-bond donors (Lipinski definition) is 1. The first-order valence-corrected chi connectivity index (χ1v) is 8.36. The van der Waals surface area contributed by atoms with Crippen LogP contribution in [0.1, 0.15) is 54.6 Å². The van der Waals surface area contributed by atoms with Crippen LogP contribution in [0.4, 0.5) is 0 Å². The summed E-state index contributed by atoms with van der Waals surface area (Å²) < 4.78 is 5.25. The molecule has 1 aliphatic carbocycles. The summed E-state index contributed by atoms with van der Waals surface area (Å²) in [6, 6.07) is 8.24. The first kappa shape index (κ1) is 14.2. The number of para-hydroxylation sites is 1. The summed E-state index contributed by atoms with van der Waals surface area (Å²) in [5.41, 5.74) is 3.66. The van der Waals surface area contributed by atoms with Gasteiger partial charge in [0.1, 0.15) is 0 Å². The van der Waals surface area contributed by atoms with E-state index < -0.39 is 0 Å². The van der Waals surface area contributed by atoms with Crippen LogP contribution in [0.2, 0.25) is 0 Å². The van der Waals surface area contributed by atoms with E-state index in [0.717, 1.165) is 40.2 Å². The third kappa shape index (κ3) is 2.29. The fourth-order valence-corrected chi connectivity index (χ4v) is 3.84. The van der Waals surface area contributed by atoms with E-state index in [1.54, 1.807) is 6.20 Å². The van der Waals surface area contributed by atoms with Crippen LogP contribution in [0.5, 0.6) is 0 Å². The maximum absolute atomic E-state index is 12.4. The van der Waals surface area contributed by atoms with Crippen LogP contribution in [0.3, 0.4) is 0 Å². The highest BCUT2D eigenvalue weighted by Gasteiger charge is 2.28. The van der Waals surface area contributed by atoms with Crippen molar-refractivity contribution in [2.24, 2.45) is 0 Å². The van der Waals surface area contributed by atoms with Crippen LogP contribution in [-0.2, 0) is 4.74 Å². The highest BCUT2D eigenvalue weighted by molar-refractivity contribution is 6.11. The molecule has 4 nitrogen and oxygen atoms in total. The standard InChI is InChI=1S/C19H20N2O2/c1-2-23-19(22)18-16(12-7-3-4-8-12)17-13-9-5-6-10-14(13)21-15(17)11-20-18/h5-6,9-12,21H,2-4,7-8H2,1H3. The zero-order chi connectivity index (χ0) is 15.8. The molecule has 1 aromatic carbocycles. The molecule has 0 bridgehead atoms. The second-order valence-corrected chi connectivity index (χ2v) is 6.18. The predicted molar refractivity (Wildman–Crippen MR) is 90.8 cm³/mol. The number of fused-ring (bicyclic) bond motifs is 3. The number of hydrogen-bond acceptors (Lipinski definition) is 3. The van der Waals surface area contributed by atoms with Gasteiger partial charge >= 0.3 is 5.97 Å². The zero-order valence-electron chi connectivity index (χ0n) is 13.3. The van der Waals surface area contributed by atoms with Gasteiger partial charge in [-0.05, 0) is 37.3 Å². The van der Waals surface area contributed by atoms with E-state index >= 15 is 0 Å². The molecule has 0 aliphatic heterocycles. The lowest BCUT2D eigenvalue weighted by Crippen LogP contribution is -2.12. The van der Waals surface area contributed by atoms with Crippen molar-refractivity contribution in [3.05, 3.63) is 41.7 Å². The minimum absolute atomic E-state index is 0.304. The van der Waals surface area contributed by atoms with E-state index in [1.807, 2.05) is 19.1 Å². The Morgan fingerprint density at radius 2 is 2.04 bits per heavy atom. The summed E-state index contributed by atoms with van der Waals surface area (Å²) in [7, 11) is 0. The molecule has 0 atom stereocenters. The van der Waals surface area contributed by atoms with Crippen LogP contribution in [0.15, 0.2) is 30.5 Å². The molecule has 4 heteroatoms. The number of nitrogens with zero attached hydrogens (tertiary/aromatic N) is 1. The van der Waals surface area contributed by atoms with Crippen molar-refractivity contribution in [3.63, 3.8) is 0 Å². The van der Waals surface area contributed by atoms with Gasteiger partial charge in [-0.15, -0.1) is 0 Å². The highest BCUT2D eigenvalue weighted by atomic mass is 16.5. The van der Waals surface area contributed by atoms with Gasteiger partial charge in [-0.1, -0.05) is 31.0 Å². The lowest BCUT2D eigenvalue weighted by atomic mass is 9.91. The molecule has 0 radical (unpaired) electrons. The number of ether oxygens (including phenoxy) is 1. The summed E-state index contributed by atoms with van der Waals surface area (Å²) in [5, 5.41) is 2.31. The second-order valence-electron chi connectivity index (χ2n) is 6.18. The van der Waals surface area contributed by atoms with E-state index in [9.17, 15) is 4.79 Å².